The maximum Gasteiger partial charge on any atom is 0.240 e. The molecule has 90 valence electrons. The molecule has 1 saturated carbocycles. The highest BCUT2D eigenvalue weighted by atomic mass is 16.3. The minimum Gasteiger partial charge on any atom is -0.396 e. The van der Waals surface area contributed by atoms with Gasteiger partial charge in [-0.3, -0.25) is 4.79 Å². The van der Waals surface area contributed by atoms with Crippen LogP contribution in [0.4, 0.5) is 0 Å². The van der Waals surface area contributed by atoms with Crippen LogP contribution in [-0.2, 0) is 4.79 Å². The van der Waals surface area contributed by atoms with Gasteiger partial charge in [-0.25, -0.2) is 0 Å². The Morgan fingerprint density at radius 1 is 1.56 bits per heavy atom. The zero-order valence-electron chi connectivity index (χ0n) is 9.99. The summed E-state index contributed by atoms with van der Waals surface area (Å²) < 4.78 is 0. The van der Waals surface area contributed by atoms with Crippen LogP contribution in [0, 0.1) is 22.7 Å². The Labute approximate surface area is 96.6 Å². The molecule has 1 amide bonds. The van der Waals surface area contributed by atoms with E-state index in [1.165, 1.54) is 0 Å². The van der Waals surface area contributed by atoms with Crippen molar-refractivity contribution in [2.24, 2.45) is 11.3 Å². The third-order valence-corrected chi connectivity index (χ3v) is 3.42. The maximum absolute atomic E-state index is 12.0. The predicted octanol–water partition coefficient (Wildman–Crippen LogP) is 1.20. The Bertz CT molecular complexity index is 290. The van der Waals surface area contributed by atoms with Gasteiger partial charge in [0.05, 0.1) is 6.07 Å². The Morgan fingerprint density at radius 2 is 2.19 bits per heavy atom. The van der Waals surface area contributed by atoms with Crippen molar-refractivity contribution in [1.82, 2.24) is 5.32 Å². The van der Waals surface area contributed by atoms with E-state index in [-0.39, 0.29) is 24.5 Å². The molecule has 0 bridgehead atoms. The zero-order valence-corrected chi connectivity index (χ0v) is 9.99. The average Bonchev–Trinajstić information content (AvgIpc) is 2.16. The quantitative estimate of drug-likeness (QED) is 0.737. The van der Waals surface area contributed by atoms with E-state index in [4.69, 9.17) is 10.4 Å². The number of nitrogens with zero attached hydrogens (tertiary/aromatic N) is 1. The first-order valence-corrected chi connectivity index (χ1v) is 5.89. The summed E-state index contributed by atoms with van der Waals surface area (Å²) in [5.41, 5.74) is -0.789. The first kappa shape index (κ1) is 13.0. The molecular weight excluding hydrogens is 204 g/mol. The van der Waals surface area contributed by atoms with E-state index in [2.05, 4.69) is 11.4 Å². The lowest BCUT2D eigenvalue weighted by Gasteiger charge is -2.35. The van der Waals surface area contributed by atoms with Crippen molar-refractivity contribution in [3.05, 3.63) is 0 Å². The van der Waals surface area contributed by atoms with Crippen molar-refractivity contribution < 1.29 is 9.90 Å². The second-order valence-electron chi connectivity index (χ2n) is 4.88. The number of amides is 1. The van der Waals surface area contributed by atoms with Gasteiger partial charge in [-0.05, 0) is 31.6 Å². The van der Waals surface area contributed by atoms with Crippen molar-refractivity contribution in [3.63, 3.8) is 0 Å². The van der Waals surface area contributed by atoms with Crippen molar-refractivity contribution >= 4 is 5.91 Å². The summed E-state index contributed by atoms with van der Waals surface area (Å²) in [4.78, 5) is 12.0. The molecule has 1 atom stereocenters. The van der Waals surface area contributed by atoms with Crippen molar-refractivity contribution in [2.75, 3.05) is 6.61 Å². The number of nitriles is 1. The van der Waals surface area contributed by atoms with Gasteiger partial charge in [0.2, 0.25) is 5.91 Å². The molecule has 4 heteroatoms. The van der Waals surface area contributed by atoms with Crippen molar-refractivity contribution in [2.45, 2.75) is 45.6 Å². The molecule has 0 aliphatic heterocycles. The minimum absolute atomic E-state index is 0.0386. The summed E-state index contributed by atoms with van der Waals surface area (Å²) >= 11 is 0. The number of rotatable bonds is 5. The van der Waals surface area contributed by atoms with E-state index in [0.717, 1.165) is 6.42 Å². The smallest absolute Gasteiger partial charge is 0.240 e. The van der Waals surface area contributed by atoms with Gasteiger partial charge in [0.15, 0.2) is 0 Å². The highest BCUT2D eigenvalue weighted by molar-refractivity contribution is 5.86. The van der Waals surface area contributed by atoms with E-state index in [0.29, 0.717) is 19.3 Å². The molecule has 1 aliphatic rings. The first-order valence-electron chi connectivity index (χ1n) is 5.89. The fraction of sp³-hybridized carbons (Fsp3) is 0.833. The van der Waals surface area contributed by atoms with Gasteiger partial charge < -0.3 is 10.4 Å². The second-order valence-corrected chi connectivity index (χ2v) is 4.88. The van der Waals surface area contributed by atoms with Crippen LogP contribution >= 0.6 is 0 Å². The first-order chi connectivity index (χ1) is 7.55. The Balaban J connectivity index is 2.58. The normalized spacial score (nSPS) is 19.7. The number of hydrogen-bond acceptors (Lipinski definition) is 3. The van der Waals surface area contributed by atoms with Crippen LogP contribution in [0.25, 0.3) is 0 Å². The van der Waals surface area contributed by atoms with Crippen molar-refractivity contribution in [3.8, 4) is 6.07 Å². The molecule has 1 aliphatic carbocycles. The standard InChI is InChI=1S/C12H20N2O2/c1-9(2)10(4-7-15)14-11(16)12(8-13)5-3-6-12/h9-10,15H,3-7H2,1-2H3,(H,14,16). The average molecular weight is 224 g/mol. The van der Waals surface area contributed by atoms with Crippen LogP contribution < -0.4 is 5.32 Å². The van der Waals surface area contributed by atoms with Crippen LogP contribution in [0.1, 0.15) is 39.5 Å². The monoisotopic (exact) mass is 224 g/mol. The van der Waals surface area contributed by atoms with Gasteiger partial charge in [0.25, 0.3) is 0 Å². The molecule has 1 fully saturated rings. The van der Waals surface area contributed by atoms with E-state index in [1.54, 1.807) is 0 Å². The molecule has 1 unspecified atom stereocenters. The number of carbonyl (C=O) groups excluding carboxylic acids is 1. The molecule has 0 aromatic carbocycles. The lowest BCUT2D eigenvalue weighted by molar-refractivity contribution is -0.132. The number of nitrogens with one attached hydrogen (secondary N) is 1. The third-order valence-electron chi connectivity index (χ3n) is 3.42. The number of aliphatic hydroxyl groups is 1. The van der Waals surface area contributed by atoms with Gasteiger partial charge in [-0.15, -0.1) is 0 Å². The molecular formula is C12H20N2O2. The van der Waals surface area contributed by atoms with E-state index >= 15 is 0 Å². The fourth-order valence-electron chi connectivity index (χ4n) is 1.94. The number of hydrogen-bond donors (Lipinski definition) is 2. The lowest BCUT2D eigenvalue weighted by atomic mass is 9.69. The topological polar surface area (TPSA) is 73.1 Å². The van der Waals surface area contributed by atoms with E-state index in [9.17, 15) is 4.79 Å². The zero-order chi connectivity index (χ0) is 12.2. The van der Waals surface area contributed by atoms with Gasteiger partial charge in [-0.2, -0.15) is 5.26 Å². The Morgan fingerprint density at radius 3 is 2.50 bits per heavy atom. The predicted molar refractivity (Wildman–Crippen MR) is 60.4 cm³/mol. The maximum atomic E-state index is 12.0. The number of aliphatic hydroxyl groups excluding tert-OH is 1. The molecule has 0 spiro atoms. The van der Waals surface area contributed by atoms with Crippen LogP contribution in [0.15, 0.2) is 0 Å². The largest absolute Gasteiger partial charge is 0.396 e. The molecule has 4 nitrogen and oxygen atoms in total. The summed E-state index contributed by atoms with van der Waals surface area (Å²) in [6.45, 7) is 4.06. The summed E-state index contributed by atoms with van der Waals surface area (Å²) in [6, 6.07) is 2.09. The van der Waals surface area contributed by atoms with E-state index in [1.807, 2.05) is 13.8 Å². The molecule has 16 heavy (non-hydrogen) atoms. The lowest BCUT2D eigenvalue weighted by Crippen LogP contribution is -2.50. The Kier molecular flexibility index (Phi) is 4.31. The van der Waals surface area contributed by atoms with E-state index < -0.39 is 5.41 Å². The Hall–Kier alpha value is -1.08. The van der Waals surface area contributed by atoms with Crippen LogP contribution in [0.3, 0.4) is 0 Å². The van der Waals surface area contributed by atoms with Gasteiger partial charge in [-0.1, -0.05) is 13.8 Å². The second kappa shape index (κ2) is 5.31. The van der Waals surface area contributed by atoms with Gasteiger partial charge in [0.1, 0.15) is 5.41 Å². The van der Waals surface area contributed by atoms with Crippen LogP contribution in [-0.4, -0.2) is 23.7 Å². The van der Waals surface area contributed by atoms with Gasteiger partial charge >= 0.3 is 0 Å². The number of carbonyl (C=O) groups is 1. The van der Waals surface area contributed by atoms with Crippen LogP contribution in [0.5, 0.6) is 0 Å². The molecule has 0 aromatic rings. The molecule has 0 heterocycles. The summed E-state index contributed by atoms with van der Waals surface area (Å²) in [7, 11) is 0. The molecule has 2 N–H and O–H groups in total. The minimum atomic E-state index is -0.789. The molecule has 0 radical (unpaired) electrons. The molecule has 1 rings (SSSR count). The summed E-state index contributed by atoms with van der Waals surface area (Å²) in [6.07, 6.45) is 2.83. The van der Waals surface area contributed by atoms with Crippen LogP contribution in [0.2, 0.25) is 0 Å². The highest BCUT2D eigenvalue weighted by Gasteiger charge is 2.45. The molecule has 0 aromatic heterocycles. The highest BCUT2D eigenvalue weighted by Crippen LogP contribution is 2.40. The molecule has 0 saturated heterocycles. The summed E-state index contributed by atoms with van der Waals surface area (Å²) in [5, 5.41) is 20.8. The third kappa shape index (κ3) is 2.53. The fourth-order valence-corrected chi connectivity index (χ4v) is 1.94. The van der Waals surface area contributed by atoms with Gasteiger partial charge in [0, 0.05) is 12.6 Å². The SMILES string of the molecule is CC(C)C(CCO)NC(=O)C1(C#N)CCC1. The van der Waals surface area contributed by atoms with Crippen molar-refractivity contribution in [1.29, 1.82) is 5.26 Å². The summed E-state index contributed by atoms with van der Waals surface area (Å²) in [5.74, 6) is 0.111.